The molecule has 1 aromatic rings. The molecule has 5 nitrogen and oxygen atoms in total. The summed E-state index contributed by atoms with van der Waals surface area (Å²) in [5.41, 5.74) is 6.20. The number of rotatable bonds is 3. The smallest absolute Gasteiger partial charge is 0.274 e. The van der Waals surface area contributed by atoms with E-state index in [1.165, 1.54) is 12.1 Å². The van der Waals surface area contributed by atoms with Gasteiger partial charge in [-0.05, 0) is 38.1 Å². The van der Waals surface area contributed by atoms with E-state index in [0.717, 1.165) is 32.0 Å². The maximum absolute atomic E-state index is 13.2. The molecule has 2 rings (SSSR count). The number of likely N-dealkylation sites (tertiary alicyclic amines) is 1. The first-order valence-corrected chi connectivity index (χ1v) is 5.97. The van der Waals surface area contributed by atoms with Crippen LogP contribution in [0.5, 0.6) is 0 Å². The van der Waals surface area contributed by atoms with Crippen molar-refractivity contribution in [2.24, 2.45) is 5.73 Å². The molecule has 0 aliphatic carbocycles. The normalized spacial score (nSPS) is 17.9. The molecule has 0 amide bonds. The monoisotopic (exact) mass is 253 g/mol. The number of nitrogens with two attached hydrogens (primary N) is 1. The molecular formula is C12H16FN3O2. The largest absolute Gasteiger partial charge is 0.328 e. The Labute approximate surface area is 105 Å². The fourth-order valence-corrected chi connectivity index (χ4v) is 2.21. The van der Waals surface area contributed by atoms with Crippen molar-refractivity contribution in [1.29, 1.82) is 0 Å². The molecule has 98 valence electrons. The predicted octanol–water partition coefficient (Wildman–Crippen LogP) is 1.66. The van der Waals surface area contributed by atoms with Crippen molar-refractivity contribution in [3.63, 3.8) is 0 Å². The maximum Gasteiger partial charge on any atom is 0.274 e. The average Bonchev–Trinajstić information content (AvgIpc) is 2.32. The average molecular weight is 253 g/mol. The summed E-state index contributed by atoms with van der Waals surface area (Å²) in [6.07, 6.45) is 1.76. The van der Waals surface area contributed by atoms with Crippen molar-refractivity contribution < 1.29 is 9.31 Å². The summed E-state index contributed by atoms with van der Waals surface area (Å²) >= 11 is 0. The Balaban J connectivity index is 2.12. The van der Waals surface area contributed by atoms with Gasteiger partial charge in [0.2, 0.25) is 0 Å². The minimum atomic E-state index is -0.468. The van der Waals surface area contributed by atoms with Gasteiger partial charge in [0.25, 0.3) is 5.69 Å². The van der Waals surface area contributed by atoms with E-state index < -0.39 is 10.7 Å². The van der Waals surface area contributed by atoms with E-state index in [2.05, 4.69) is 4.90 Å². The highest BCUT2D eigenvalue weighted by atomic mass is 19.1. The van der Waals surface area contributed by atoms with Crippen LogP contribution in [0.1, 0.15) is 18.4 Å². The third-order valence-corrected chi connectivity index (χ3v) is 3.26. The highest BCUT2D eigenvalue weighted by Crippen LogP contribution is 2.22. The second-order valence-corrected chi connectivity index (χ2v) is 4.64. The standard InChI is InChI=1S/C12H16FN3O2/c13-10-1-2-12(16(17)18)9(7-10)8-15-5-3-11(14)4-6-15/h1-2,7,11H,3-6,8,14H2. The predicted molar refractivity (Wildman–Crippen MR) is 65.5 cm³/mol. The molecule has 0 atom stereocenters. The summed E-state index contributed by atoms with van der Waals surface area (Å²) < 4.78 is 13.2. The first-order valence-electron chi connectivity index (χ1n) is 5.97. The summed E-state index contributed by atoms with van der Waals surface area (Å²) in [6.45, 7) is 2.00. The van der Waals surface area contributed by atoms with E-state index in [1.54, 1.807) is 0 Å². The highest BCUT2D eigenvalue weighted by Gasteiger charge is 2.20. The van der Waals surface area contributed by atoms with Gasteiger partial charge in [-0.15, -0.1) is 0 Å². The zero-order chi connectivity index (χ0) is 13.1. The topological polar surface area (TPSA) is 72.4 Å². The van der Waals surface area contributed by atoms with Crippen LogP contribution in [0.4, 0.5) is 10.1 Å². The van der Waals surface area contributed by atoms with Gasteiger partial charge >= 0.3 is 0 Å². The van der Waals surface area contributed by atoms with Crippen molar-refractivity contribution >= 4 is 5.69 Å². The first kappa shape index (κ1) is 12.9. The van der Waals surface area contributed by atoms with Crippen LogP contribution in [0.25, 0.3) is 0 Å². The summed E-state index contributed by atoms with van der Waals surface area (Å²) in [7, 11) is 0. The lowest BCUT2D eigenvalue weighted by Crippen LogP contribution is -2.39. The van der Waals surface area contributed by atoms with Crippen molar-refractivity contribution in [2.75, 3.05) is 13.1 Å². The van der Waals surface area contributed by atoms with Gasteiger partial charge in [-0.2, -0.15) is 0 Å². The van der Waals surface area contributed by atoms with Gasteiger partial charge in [0.15, 0.2) is 0 Å². The molecule has 0 radical (unpaired) electrons. The number of hydrogen-bond donors (Lipinski definition) is 1. The zero-order valence-electron chi connectivity index (χ0n) is 10.0. The van der Waals surface area contributed by atoms with Gasteiger partial charge in [0.05, 0.1) is 4.92 Å². The van der Waals surface area contributed by atoms with Gasteiger partial charge in [-0.1, -0.05) is 0 Å². The van der Waals surface area contributed by atoms with E-state index in [1.807, 2.05) is 0 Å². The minimum absolute atomic E-state index is 0.0220. The molecule has 1 fully saturated rings. The molecule has 1 aliphatic rings. The number of benzene rings is 1. The molecule has 0 saturated carbocycles. The van der Waals surface area contributed by atoms with Crippen LogP contribution >= 0.6 is 0 Å². The number of hydrogen-bond acceptors (Lipinski definition) is 4. The fraction of sp³-hybridized carbons (Fsp3) is 0.500. The second kappa shape index (κ2) is 5.41. The van der Waals surface area contributed by atoms with Crippen LogP contribution in [0.2, 0.25) is 0 Å². The summed E-state index contributed by atoms with van der Waals surface area (Å²) in [6, 6.07) is 3.80. The van der Waals surface area contributed by atoms with Crippen LogP contribution in [-0.4, -0.2) is 29.0 Å². The number of nitro groups is 1. The van der Waals surface area contributed by atoms with Gasteiger partial charge in [0.1, 0.15) is 5.82 Å². The van der Waals surface area contributed by atoms with Crippen LogP contribution in [0, 0.1) is 15.9 Å². The lowest BCUT2D eigenvalue weighted by atomic mass is 10.0. The van der Waals surface area contributed by atoms with Gasteiger partial charge in [-0.3, -0.25) is 15.0 Å². The second-order valence-electron chi connectivity index (χ2n) is 4.64. The number of halogens is 1. The Bertz CT molecular complexity index is 445. The van der Waals surface area contributed by atoms with Crippen molar-refractivity contribution in [2.45, 2.75) is 25.4 Å². The van der Waals surface area contributed by atoms with Gasteiger partial charge < -0.3 is 5.73 Å². The Kier molecular flexibility index (Phi) is 3.88. The lowest BCUT2D eigenvalue weighted by Gasteiger charge is -2.29. The van der Waals surface area contributed by atoms with E-state index >= 15 is 0 Å². The Morgan fingerprint density at radius 1 is 1.44 bits per heavy atom. The molecule has 0 aromatic heterocycles. The minimum Gasteiger partial charge on any atom is -0.328 e. The molecule has 0 unspecified atom stereocenters. The van der Waals surface area contributed by atoms with Crippen molar-refractivity contribution in [3.8, 4) is 0 Å². The molecule has 1 aromatic carbocycles. The lowest BCUT2D eigenvalue weighted by molar-refractivity contribution is -0.385. The number of nitrogens with zero attached hydrogens (tertiary/aromatic N) is 2. The van der Waals surface area contributed by atoms with Gasteiger partial charge in [0, 0.05) is 24.2 Å². The highest BCUT2D eigenvalue weighted by molar-refractivity contribution is 5.40. The maximum atomic E-state index is 13.2. The molecule has 0 bridgehead atoms. The van der Waals surface area contributed by atoms with Crippen molar-refractivity contribution in [3.05, 3.63) is 39.7 Å². The molecular weight excluding hydrogens is 237 g/mol. The van der Waals surface area contributed by atoms with Crippen LogP contribution in [0.3, 0.4) is 0 Å². The van der Waals surface area contributed by atoms with Crippen LogP contribution < -0.4 is 5.73 Å². The zero-order valence-corrected chi connectivity index (χ0v) is 10.0. The molecule has 1 aliphatic heterocycles. The summed E-state index contributed by atoms with van der Waals surface area (Å²) in [4.78, 5) is 12.5. The number of nitro benzene ring substituents is 1. The fourth-order valence-electron chi connectivity index (χ4n) is 2.21. The van der Waals surface area contributed by atoms with E-state index in [9.17, 15) is 14.5 Å². The van der Waals surface area contributed by atoms with Crippen molar-refractivity contribution in [1.82, 2.24) is 4.90 Å². The van der Waals surface area contributed by atoms with E-state index in [-0.39, 0.29) is 11.7 Å². The number of piperidine rings is 1. The summed E-state index contributed by atoms with van der Waals surface area (Å²) in [5.74, 6) is -0.440. The van der Waals surface area contributed by atoms with Crippen LogP contribution in [0.15, 0.2) is 18.2 Å². The summed E-state index contributed by atoms with van der Waals surface area (Å²) in [5, 5.41) is 10.9. The van der Waals surface area contributed by atoms with E-state index in [4.69, 9.17) is 5.73 Å². The SMILES string of the molecule is NC1CCN(Cc2cc(F)ccc2[N+](=O)[O-])CC1. The third-order valence-electron chi connectivity index (χ3n) is 3.26. The molecule has 2 N–H and O–H groups in total. The van der Waals surface area contributed by atoms with Crippen LogP contribution in [-0.2, 0) is 6.54 Å². The first-order chi connectivity index (χ1) is 8.56. The molecule has 18 heavy (non-hydrogen) atoms. The Hall–Kier alpha value is -1.53. The van der Waals surface area contributed by atoms with E-state index in [0.29, 0.717) is 12.1 Å². The Morgan fingerprint density at radius 2 is 2.11 bits per heavy atom. The Morgan fingerprint density at radius 3 is 2.72 bits per heavy atom. The quantitative estimate of drug-likeness (QED) is 0.656. The molecule has 1 saturated heterocycles. The third kappa shape index (κ3) is 3.02. The molecule has 0 spiro atoms. The molecule has 6 heteroatoms. The van der Waals surface area contributed by atoms with Gasteiger partial charge in [-0.25, -0.2) is 4.39 Å². The molecule has 1 heterocycles.